The molecule has 2 aromatic heterocycles. The molecule has 1 aliphatic heterocycles. The molecule has 7 heteroatoms. The van der Waals surface area contributed by atoms with Crippen LogP contribution in [0.15, 0.2) is 47.3 Å². The highest BCUT2D eigenvalue weighted by atomic mass is 79.9. The summed E-state index contributed by atoms with van der Waals surface area (Å²) in [6.45, 7) is 2.00. The smallest absolute Gasteiger partial charge is 0.339 e. The Morgan fingerprint density at radius 3 is 3.00 bits per heavy atom. The third-order valence-electron chi connectivity index (χ3n) is 6.96. The van der Waals surface area contributed by atoms with Crippen molar-refractivity contribution >= 4 is 32.8 Å². The number of ether oxygens (including phenoxy) is 2. The van der Waals surface area contributed by atoms with E-state index < -0.39 is 0 Å². The van der Waals surface area contributed by atoms with E-state index in [1.165, 1.54) is 22.0 Å². The number of esters is 1. The summed E-state index contributed by atoms with van der Waals surface area (Å²) >= 11 is 3.35. The summed E-state index contributed by atoms with van der Waals surface area (Å²) in [5, 5.41) is 1.43. The number of nitrogens with zero attached hydrogens (tertiary/aromatic N) is 3. The van der Waals surface area contributed by atoms with Crippen LogP contribution in [-0.4, -0.2) is 53.5 Å². The van der Waals surface area contributed by atoms with Crippen LogP contribution < -0.4 is 0 Å². The van der Waals surface area contributed by atoms with Crippen LogP contribution in [0.3, 0.4) is 0 Å². The van der Waals surface area contributed by atoms with E-state index in [0.717, 1.165) is 30.3 Å². The van der Waals surface area contributed by atoms with Gasteiger partial charge in [0.15, 0.2) is 0 Å². The minimum atomic E-state index is -0.322. The molecule has 32 heavy (non-hydrogen) atoms. The van der Waals surface area contributed by atoms with E-state index in [-0.39, 0.29) is 5.97 Å². The highest BCUT2D eigenvalue weighted by Gasteiger charge is 2.40. The molecule has 0 spiro atoms. The van der Waals surface area contributed by atoms with E-state index in [9.17, 15) is 4.79 Å². The van der Waals surface area contributed by atoms with Crippen LogP contribution in [-0.2, 0) is 22.9 Å². The van der Waals surface area contributed by atoms with E-state index in [1.54, 1.807) is 25.6 Å². The number of fused-ring (bicyclic) bond motifs is 2. The lowest BCUT2D eigenvalue weighted by Gasteiger charge is -2.46. The first-order valence-corrected chi connectivity index (χ1v) is 11.9. The first kappa shape index (κ1) is 21.6. The number of piperidine rings is 1. The number of hydrogen-bond acceptors (Lipinski definition) is 5. The maximum absolute atomic E-state index is 12.4. The second-order valence-electron chi connectivity index (χ2n) is 8.99. The number of halogens is 1. The number of methoxy groups -OCH3 is 1. The van der Waals surface area contributed by atoms with Crippen molar-refractivity contribution in [2.45, 2.75) is 31.2 Å². The Morgan fingerprint density at radius 2 is 2.19 bits per heavy atom. The first-order chi connectivity index (χ1) is 15.5. The predicted molar refractivity (Wildman–Crippen MR) is 127 cm³/mol. The monoisotopic (exact) mass is 497 g/mol. The second kappa shape index (κ2) is 8.96. The number of carbonyl (C=O) groups excluding carboxylic acids is 1. The van der Waals surface area contributed by atoms with E-state index >= 15 is 0 Å². The Kier molecular flexibility index (Phi) is 6.05. The molecule has 6 nitrogen and oxygen atoms in total. The SMILES string of the molecule is COCN1C[C@H](CCOC(=O)c2cncc(Br)c2)CC2c3cccc4c3c(cn4C)C[C@H]21. The van der Waals surface area contributed by atoms with Gasteiger partial charge in [-0.2, -0.15) is 0 Å². The highest BCUT2D eigenvalue weighted by Crippen LogP contribution is 2.45. The molecular weight excluding hydrogens is 470 g/mol. The van der Waals surface area contributed by atoms with Gasteiger partial charge in [-0.3, -0.25) is 9.88 Å². The van der Waals surface area contributed by atoms with Crippen molar-refractivity contribution in [2.24, 2.45) is 13.0 Å². The molecule has 2 aliphatic rings. The van der Waals surface area contributed by atoms with Gasteiger partial charge >= 0.3 is 5.97 Å². The number of hydrogen-bond donors (Lipinski definition) is 0. The second-order valence-corrected chi connectivity index (χ2v) is 9.91. The Hall–Kier alpha value is -2.22. The number of carbonyl (C=O) groups is 1. The van der Waals surface area contributed by atoms with Crippen LogP contribution in [0.25, 0.3) is 10.9 Å². The van der Waals surface area contributed by atoms with Crippen LogP contribution in [0.4, 0.5) is 0 Å². The standard InChI is InChI=1S/C25H28BrN3O3/c1-28-14-18-10-23-21(20-4-3-5-22(28)24(18)20)8-16(13-29(23)15-31-2)6-7-32-25(30)17-9-19(26)12-27-11-17/h3-5,9,11-12,14,16,21,23H,6-8,10,13,15H2,1-2H3/t16-,21?,23-/m1/s1. The average molecular weight is 498 g/mol. The molecule has 0 saturated carbocycles. The lowest BCUT2D eigenvalue weighted by Crippen LogP contribution is -2.50. The highest BCUT2D eigenvalue weighted by molar-refractivity contribution is 9.10. The molecule has 0 radical (unpaired) electrons. The molecule has 1 aromatic carbocycles. The van der Waals surface area contributed by atoms with Gasteiger partial charge in [0.05, 0.1) is 18.9 Å². The number of pyridine rings is 1. The van der Waals surface area contributed by atoms with E-state index in [4.69, 9.17) is 9.47 Å². The van der Waals surface area contributed by atoms with Crippen LogP contribution in [0, 0.1) is 5.92 Å². The Labute approximate surface area is 196 Å². The van der Waals surface area contributed by atoms with Gasteiger partial charge in [0.25, 0.3) is 0 Å². The fourth-order valence-corrected chi connectivity index (χ4v) is 5.99. The van der Waals surface area contributed by atoms with Crippen molar-refractivity contribution in [1.82, 2.24) is 14.5 Å². The zero-order chi connectivity index (χ0) is 22.2. The van der Waals surface area contributed by atoms with Crippen LogP contribution in [0.1, 0.15) is 40.2 Å². The molecule has 1 fully saturated rings. The van der Waals surface area contributed by atoms with Crippen molar-refractivity contribution in [3.05, 3.63) is 64.0 Å². The lowest BCUT2D eigenvalue weighted by atomic mass is 9.72. The molecule has 0 amide bonds. The van der Waals surface area contributed by atoms with Gasteiger partial charge in [0.2, 0.25) is 0 Å². The van der Waals surface area contributed by atoms with E-state index in [1.807, 2.05) is 0 Å². The summed E-state index contributed by atoms with van der Waals surface area (Å²) in [6.07, 6.45) is 8.49. The maximum atomic E-state index is 12.4. The lowest BCUT2D eigenvalue weighted by molar-refractivity contribution is -0.0174. The summed E-state index contributed by atoms with van der Waals surface area (Å²) in [5.74, 6) is 0.588. The summed E-state index contributed by atoms with van der Waals surface area (Å²) in [4.78, 5) is 18.9. The Balaban J connectivity index is 1.32. The molecule has 3 heterocycles. The molecule has 1 unspecified atom stereocenters. The zero-order valence-corrected chi connectivity index (χ0v) is 20.0. The minimum Gasteiger partial charge on any atom is -0.462 e. The molecule has 168 valence electrons. The van der Waals surface area contributed by atoms with Crippen LogP contribution >= 0.6 is 15.9 Å². The molecule has 1 saturated heterocycles. The maximum Gasteiger partial charge on any atom is 0.339 e. The van der Waals surface area contributed by atoms with Crippen molar-refractivity contribution in [1.29, 1.82) is 0 Å². The number of likely N-dealkylation sites (tertiary alicyclic amines) is 1. The number of aromatic nitrogens is 2. The fraction of sp³-hybridized carbons (Fsp3) is 0.440. The van der Waals surface area contributed by atoms with Gasteiger partial charge in [-0.1, -0.05) is 12.1 Å². The molecular formula is C25H28BrN3O3. The van der Waals surface area contributed by atoms with Crippen molar-refractivity contribution in [3.8, 4) is 0 Å². The van der Waals surface area contributed by atoms with Gasteiger partial charge < -0.3 is 14.0 Å². The normalized spacial score (nSPS) is 22.7. The third-order valence-corrected chi connectivity index (χ3v) is 7.40. The number of rotatable bonds is 6. The summed E-state index contributed by atoms with van der Waals surface area (Å²) in [6, 6.07) is 8.88. The molecule has 3 aromatic rings. The predicted octanol–water partition coefficient (Wildman–Crippen LogP) is 4.52. The molecule has 1 aliphatic carbocycles. The fourth-order valence-electron chi connectivity index (χ4n) is 5.62. The van der Waals surface area contributed by atoms with E-state index in [2.05, 4.69) is 61.8 Å². The van der Waals surface area contributed by atoms with Gasteiger partial charge in [0, 0.05) is 66.6 Å². The average Bonchev–Trinajstić information content (AvgIpc) is 3.11. The van der Waals surface area contributed by atoms with Crippen molar-refractivity contribution in [2.75, 3.05) is 27.0 Å². The summed E-state index contributed by atoms with van der Waals surface area (Å²) < 4.78 is 14.2. The van der Waals surface area contributed by atoms with Gasteiger partial charge in [-0.25, -0.2) is 4.79 Å². The number of benzene rings is 1. The Morgan fingerprint density at radius 1 is 1.31 bits per heavy atom. The third kappa shape index (κ3) is 3.98. The largest absolute Gasteiger partial charge is 0.462 e. The zero-order valence-electron chi connectivity index (χ0n) is 18.5. The van der Waals surface area contributed by atoms with Gasteiger partial charge in [0.1, 0.15) is 0 Å². The van der Waals surface area contributed by atoms with Crippen molar-refractivity contribution < 1.29 is 14.3 Å². The summed E-state index contributed by atoms with van der Waals surface area (Å²) in [5.41, 5.74) is 4.68. The van der Waals surface area contributed by atoms with E-state index in [0.29, 0.717) is 36.8 Å². The van der Waals surface area contributed by atoms with Gasteiger partial charge in [-0.05, 0) is 64.4 Å². The first-order valence-electron chi connectivity index (χ1n) is 11.1. The van der Waals surface area contributed by atoms with Crippen molar-refractivity contribution in [3.63, 3.8) is 0 Å². The quantitative estimate of drug-likeness (QED) is 0.468. The Bertz CT molecular complexity index is 1140. The minimum absolute atomic E-state index is 0.322. The van der Waals surface area contributed by atoms with Crippen LogP contribution in [0.2, 0.25) is 0 Å². The molecule has 5 rings (SSSR count). The van der Waals surface area contributed by atoms with Gasteiger partial charge in [-0.15, -0.1) is 0 Å². The molecule has 0 bridgehead atoms. The van der Waals surface area contributed by atoms with Crippen LogP contribution in [0.5, 0.6) is 0 Å². The topological polar surface area (TPSA) is 56.6 Å². The molecule has 0 N–H and O–H groups in total. The molecule has 3 atom stereocenters. The summed E-state index contributed by atoms with van der Waals surface area (Å²) in [7, 11) is 3.90. The number of aryl methyl sites for hydroxylation is 1.